The predicted molar refractivity (Wildman–Crippen MR) is 73.2 cm³/mol. The fourth-order valence-corrected chi connectivity index (χ4v) is 2.12. The zero-order valence-corrected chi connectivity index (χ0v) is 11.9. The minimum atomic E-state index is 0.245. The van der Waals surface area contributed by atoms with E-state index in [4.69, 9.17) is 21.7 Å². The summed E-state index contributed by atoms with van der Waals surface area (Å²) in [4.78, 5) is 0. The van der Waals surface area contributed by atoms with E-state index in [-0.39, 0.29) is 6.04 Å². The highest BCUT2D eigenvalue weighted by Crippen LogP contribution is 2.48. The fraction of sp³-hybridized carbons (Fsp3) is 0.917. The molecule has 0 aromatic carbocycles. The summed E-state index contributed by atoms with van der Waals surface area (Å²) in [6, 6.07) is 0.245. The van der Waals surface area contributed by atoms with Gasteiger partial charge in [-0.3, -0.25) is 0 Å². The second-order valence-corrected chi connectivity index (χ2v) is 5.33. The molecule has 2 N–H and O–H groups in total. The maximum Gasteiger partial charge on any atom is 0.166 e. The van der Waals surface area contributed by atoms with Gasteiger partial charge in [-0.2, -0.15) is 0 Å². The molecule has 5 heteroatoms. The lowest BCUT2D eigenvalue weighted by Crippen LogP contribution is -2.44. The number of methoxy groups -OCH3 is 2. The van der Waals surface area contributed by atoms with Gasteiger partial charge in [0, 0.05) is 33.4 Å². The predicted octanol–water partition coefficient (Wildman–Crippen LogP) is 1.30. The Morgan fingerprint density at radius 2 is 2.06 bits per heavy atom. The SMILES string of the molecule is COCCC1(CNC(=S)NC(C)COC)CC1. The Morgan fingerprint density at radius 1 is 1.35 bits per heavy atom. The molecule has 100 valence electrons. The third-order valence-electron chi connectivity index (χ3n) is 3.21. The Morgan fingerprint density at radius 3 is 2.59 bits per heavy atom. The number of hydrogen-bond acceptors (Lipinski definition) is 3. The van der Waals surface area contributed by atoms with Gasteiger partial charge in [0.05, 0.1) is 6.61 Å². The van der Waals surface area contributed by atoms with Crippen molar-refractivity contribution in [1.82, 2.24) is 10.6 Å². The van der Waals surface area contributed by atoms with Gasteiger partial charge in [-0.1, -0.05) is 0 Å². The summed E-state index contributed by atoms with van der Waals surface area (Å²) in [7, 11) is 3.45. The largest absolute Gasteiger partial charge is 0.385 e. The van der Waals surface area contributed by atoms with Gasteiger partial charge in [-0.05, 0) is 43.8 Å². The highest BCUT2D eigenvalue weighted by molar-refractivity contribution is 7.80. The highest BCUT2D eigenvalue weighted by Gasteiger charge is 2.41. The summed E-state index contributed by atoms with van der Waals surface area (Å²) >= 11 is 5.24. The first-order chi connectivity index (χ1) is 8.12. The van der Waals surface area contributed by atoms with Crippen molar-refractivity contribution in [3.63, 3.8) is 0 Å². The van der Waals surface area contributed by atoms with Crippen molar-refractivity contribution in [2.45, 2.75) is 32.2 Å². The molecule has 0 amide bonds. The molecule has 0 spiro atoms. The van der Waals surface area contributed by atoms with E-state index in [2.05, 4.69) is 17.6 Å². The second kappa shape index (κ2) is 7.13. The summed E-state index contributed by atoms with van der Waals surface area (Å²) in [6.07, 6.45) is 3.67. The highest BCUT2D eigenvalue weighted by atomic mass is 32.1. The van der Waals surface area contributed by atoms with Gasteiger partial charge in [0.2, 0.25) is 0 Å². The van der Waals surface area contributed by atoms with Crippen LogP contribution in [0.5, 0.6) is 0 Å². The molecule has 1 rings (SSSR count). The molecule has 0 aliphatic heterocycles. The molecular weight excluding hydrogens is 236 g/mol. The van der Waals surface area contributed by atoms with Gasteiger partial charge >= 0.3 is 0 Å². The molecule has 0 saturated heterocycles. The second-order valence-electron chi connectivity index (χ2n) is 4.93. The number of thiocarbonyl (C=S) groups is 1. The van der Waals surface area contributed by atoms with Crippen LogP contribution in [-0.2, 0) is 9.47 Å². The van der Waals surface area contributed by atoms with Crippen molar-refractivity contribution >= 4 is 17.3 Å². The minimum Gasteiger partial charge on any atom is -0.385 e. The van der Waals surface area contributed by atoms with Gasteiger partial charge in [-0.25, -0.2) is 0 Å². The summed E-state index contributed by atoms with van der Waals surface area (Å²) < 4.78 is 10.2. The molecule has 17 heavy (non-hydrogen) atoms. The van der Waals surface area contributed by atoms with Crippen molar-refractivity contribution in [2.24, 2.45) is 5.41 Å². The van der Waals surface area contributed by atoms with Gasteiger partial charge in [-0.15, -0.1) is 0 Å². The van der Waals surface area contributed by atoms with Crippen molar-refractivity contribution in [1.29, 1.82) is 0 Å². The van der Waals surface area contributed by atoms with Crippen LogP contribution in [0.1, 0.15) is 26.2 Å². The average Bonchev–Trinajstić information content (AvgIpc) is 3.05. The molecule has 1 atom stereocenters. The van der Waals surface area contributed by atoms with E-state index >= 15 is 0 Å². The van der Waals surface area contributed by atoms with Crippen molar-refractivity contribution < 1.29 is 9.47 Å². The van der Waals surface area contributed by atoms with Crippen LogP contribution in [0.15, 0.2) is 0 Å². The van der Waals surface area contributed by atoms with Crippen LogP contribution in [0.25, 0.3) is 0 Å². The Balaban J connectivity index is 2.15. The Kier molecular flexibility index (Phi) is 6.16. The topological polar surface area (TPSA) is 42.5 Å². The summed E-state index contributed by atoms with van der Waals surface area (Å²) in [5.41, 5.74) is 0.423. The molecule has 0 heterocycles. The first-order valence-corrected chi connectivity index (χ1v) is 6.55. The first kappa shape index (κ1) is 14.7. The van der Waals surface area contributed by atoms with E-state index in [1.165, 1.54) is 12.8 Å². The van der Waals surface area contributed by atoms with Crippen LogP contribution >= 0.6 is 12.2 Å². The monoisotopic (exact) mass is 260 g/mol. The van der Waals surface area contributed by atoms with Crippen LogP contribution in [0.2, 0.25) is 0 Å². The van der Waals surface area contributed by atoms with Crippen LogP contribution in [0, 0.1) is 5.41 Å². The van der Waals surface area contributed by atoms with E-state index in [0.717, 1.165) is 24.7 Å². The smallest absolute Gasteiger partial charge is 0.166 e. The molecule has 0 aromatic rings. The third kappa shape index (κ3) is 5.66. The van der Waals surface area contributed by atoms with Gasteiger partial charge in [0.1, 0.15) is 0 Å². The van der Waals surface area contributed by atoms with E-state index in [9.17, 15) is 0 Å². The van der Waals surface area contributed by atoms with Gasteiger partial charge in [0.15, 0.2) is 5.11 Å². The lowest BCUT2D eigenvalue weighted by Gasteiger charge is -2.20. The maximum absolute atomic E-state index is 5.24. The minimum absolute atomic E-state index is 0.245. The van der Waals surface area contributed by atoms with Crippen LogP contribution in [-0.4, -0.2) is 45.1 Å². The Labute approximate surface area is 109 Å². The van der Waals surface area contributed by atoms with Crippen molar-refractivity contribution in [2.75, 3.05) is 34.0 Å². The van der Waals surface area contributed by atoms with Crippen LogP contribution in [0.4, 0.5) is 0 Å². The van der Waals surface area contributed by atoms with Gasteiger partial charge < -0.3 is 20.1 Å². The average molecular weight is 260 g/mol. The van der Waals surface area contributed by atoms with E-state index in [0.29, 0.717) is 12.0 Å². The zero-order chi connectivity index (χ0) is 12.7. The third-order valence-corrected chi connectivity index (χ3v) is 3.47. The van der Waals surface area contributed by atoms with Crippen molar-refractivity contribution in [3.05, 3.63) is 0 Å². The quantitative estimate of drug-likeness (QED) is 0.644. The first-order valence-electron chi connectivity index (χ1n) is 6.14. The van der Waals surface area contributed by atoms with Gasteiger partial charge in [0.25, 0.3) is 0 Å². The molecular formula is C12H24N2O2S. The molecule has 1 saturated carbocycles. The Bertz CT molecular complexity index is 245. The number of ether oxygens (including phenoxy) is 2. The Hall–Kier alpha value is -0.390. The molecule has 0 bridgehead atoms. The maximum atomic E-state index is 5.24. The summed E-state index contributed by atoms with van der Waals surface area (Å²) in [5.74, 6) is 0. The number of hydrogen-bond donors (Lipinski definition) is 2. The molecule has 1 unspecified atom stereocenters. The van der Waals surface area contributed by atoms with Crippen molar-refractivity contribution in [3.8, 4) is 0 Å². The van der Waals surface area contributed by atoms with Crippen LogP contribution in [0.3, 0.4) is 0 Å². The molecule has 1 aliphatic rings. The molecule has 0 radical (unpaired) electrons. The molecule has 1 fully saturated rings. The molecule has 1 aliphatic carbocycles. The molecule has 4 nitrogen and oxygen atoms in total. The zero-order valence-electron chi connectivity index (χ0n) is 11.0. The normalized spacial score (nSPS) is 18.5. The lowest BCUT2D eigenvalue weighted by molar-refractivity contribution is 0.172. The number of nitrogens with one attached hydrogen (secondary N) is 2. The summed E-state index contributed by atoms with van der Waals surface area (Å²) in [5, 5.41) is 7.21. The number of rotatable bonds is 8. The summed E-state index contributed by atoms with van der Waals surface area (Å²) in [6.45, 7) is 4.50. The fourth-order valence-electron chi connectivity index (χ4n) is 1.84. The van der Waals surface area contributed by atoms with Crippen LogP contribution < -0.4 is 10.6 Å². The molecule has 0 aromatic heterocycles. The lowest BCUT2D eigenvalue weighted by atomic mass is 10.0. The van der Waals surface area contributed by atoms with E-state index < -0.39 is 0 Å². The standard InChI is InChI=1S/C12H24N2O2S/c1-10(8-16-3)14-11(17)13-9-12(4-5-12)6-7-15-2/h10H,4-9H2,1-3H3,(H2,13,14,17). The van der Waals surface area contributed by atoms with E-state index in [1.54, 1.807) is 14.2 Å². The van der Waals surface area contributed by atoms with E-state index in [1.807, 2.05) is 0 Å².